The molecular formula is C19H20ClF3N6O. The third-order valence-electron chi connectivity index (χ3n) is 3.75. The van der Waals surface area contributed by atoms with Crippen LogP contribution in [0.25, 0.3) is 0 Å². The van der Waals surface area contributed by atoms with Crippen molar-refractivity contribution in [2.75, 3.05) is 10.6 Å². The molecule has 0 saturated carbocycles. The molecule has 1 aromatic heterocycles. The molecule has 0 saturated heterocycles. The number of carbonyl (C=O) groups excluding carboxylic acids is 1. The largest absolute Gasteiger partial charge is 0.430 e. The summed E-state index contributed by atoms with van der Waals surface area (Å²) in [6.45, 7) is 3.50. The summed E-state index contributed by atoms with van der Waals surface area (Å²) < 4.78 is 37.4. The second-order valence-corrected chi connectivity index (χ2v) is 6.51. The first-order valence-corrected chi connectivity index (χ1v) is 9.21. The summed E-state index contributed by atoms with van der Waals surface area (Å²) >= 11 is 5.83. The van der Waals surface area contributed by atoms with Gasteiger partial charge >= 0.3 is 6.18 Å². The molecule has 0 aliphatic heterocycles. The first-order valence-electron chi connectivity index (χ1n) is 8.83. The number of rotatable bonds is 7. The number of halogens is 4. The Hall–Kier alpha value is -3.14. The molecule has 0 aliphatic carbocycles. The van der Waals surface area contributed by atoms with Crippen LogP contribution in [0, 0.1) is 0 Å². The smallest absolute Gasteiger partial charge is 0.395 e. The number of allylic oxidation sites excluding steroid dienone is 2. The maximum atomic E-state index is 12.5. The van der Waals surface area contributed by atoms with E-state index in [4.69, 9.17) is 17.3 Å². The van der Waals surface area contributed by atoms with E-state index in [2.05, 4.69) is 25.6 Å². The van der Waals surface area contributed by atoms with Crippen LogP contribution in [0.3, 0.4) is 0 Å². The van der Waals surface area contributed by atoms with E-state index in [-0.39, 0.29) is 16.9 Å². The average Bonchev–Trinajstić information content (AvgIpc) is 2.68. The number of nitrogens with two attached hydrogens (primary N) is 1. The number of hydrogen-bond acceptors (Lipinski definition) is 6. The highest BCUT2D eigenvalue weighted by atomic mass is 35.5. The Balaban J connectivity index is 2.08. The van der Waals surface area contributed by atoms with E-state index in [0.717, 1.165) is 11.6 Å². The van der Waals surface area contributed by atoms with Gasteiger partial charge in [-0.15, -0.1) is 0 Å². The molecule has 0 bridgehead atoms. The maximum Gasteiger partial charge on any atom is 0.430 e. The van der Waals surface area contributed by atoms with E-state index < -0.39 is 11.9 Å². The van der Waals surface area contributed by atoms with Crippen LogP contribution in [0.1, 0.15) is 25.8 Å². The Kier molecular flexibility index (Phi) is 7.76. The van der Waals surface area contributed by atoms with Crippen molar-refractivity contribution in [1.29, 1.82) is 0 Å². The second kappa shape index (κ2) is 10.1. The third kappa shape index (κ3) is 7.03. The van der Waals surface area contributed by atoms with Crippen LogP contribution in [0.4, 0.5) is 30.4 Å². The fourth-order valence-electron chi connectivity index (χ4n) is 2.24. The number of aliphatic imine (C=N–C) groups is 1. The van der Waals surface area contributed by atoms with Crippen LogP contribution in [-0.2, 0) is 11.3 Å². The summed E-state index contributed by atoms with van der Waals surface area (Å²) in [7, 11) is 0. The highest BCUT2D eigenvalue weighted by molar-refractivity contribution is 6.28. The van der Waals surface area contributed by atoms with Gasteiger partial charge in [0.2, 0.25) is 11.2 Å². The van der Waals surface area contributed by atoms with Crippen molar-refractivity contribution in [3.8, 4) is 0 Å². The molecule has 30 heavy (non-hydrogen) atoms. The van der Waals surface area contributed by atoms with Crippen LogP contribution in [0.2, 0.25) is 5.28 Å². The number of benzene rings is 1. The predicted octanol–water partition coefficient (Wildman–Crippen LogP) is 4.59. The van der Waals surface area contributed by atoms with E-state index in [9.17, 15) is 18.0 Å². The first-order chi connectivity index (χ1) is 14.1. The molecule has 0 unspecified atom stereocenters. The van der Waals surface area contributed by atoms with Crippen molar-refractivity contribution < 1.29 is 18.0 Å². The molecular weight excluding hydrogens is 421 g/mol. The molecule has 11 heteroatoms. The third-order valence-corrected chi connectivity index (χ3v) is 3.93. The van der Waals surface area contributed by atoms with Crippen molar-refractivity contribution in [2.45, 2.75) is 33.0 Å². The summed E-state index contributed by atoms with van der Waals surface area (Å²) in [6.07, 6.45) is -2.11. The number of anilines is 2. The molecule has 4 N–H and O–H groups in total. The lowest BCUT2D eigenvalue weighted by atomic mass is 10.2. The lowest BCUT2D eigenvalue weighted by Crippen LogP contribution is -2.20. The van der Waals surface area contributed by atoms with Gasteiger partial charge in [-0.3, -0.25) is 9.79 Å². The quantitative estimate of drug-likeness (QED) is 0.431. The number of aromatic nitrogens is 2. The Morgan fingerprint density at radius 1 is 1.30 bits per heavy atom. The van der Waals surface area contributed by atoms with Crippen molar-refractivity contribution in [3.63, 3.8) is 0 Å². The van der Waals surface area contributed by atoms with Gasteiger partial charge in [-0.05, 0) is 42.3 Å². The molecule has 7 nitrogen and oxygen atoms in total. The Bertz CT molecular complexity index is 958. The second-order valence-electron chi connectivity index (χ2n) is 6.17. The van der Waals surface area contributed by atoms with Crippen LogP contribution in [-0.4, -0.2) is 27.8 Å². The number of carbonyl (C=O) groups is 1. The van der Waals surface area contributed by atoms with E-state index in [1.807, 2.05) is 0 Å². The van der Waals surface area contributed by atoms with Crippen molar-refractivity contribution in [1.82, 2.24) is 9.97 Å². The summed E-state index contributed by atoms with van der Waals surface area (Å²) in [4.78, 5) is 23.7. The molecule has 1 aromatic carbocycles. The summed E-state index contributed by atoms with van der Waals surface area (Å²) in [5.41, 5.74) is 5.63. The zero-order chi connectivity index (χ0) is 22.3. The van der Waals surface area contributed by atoms with Gasteiger partial charge in [0.05, 0.1) is 11.9 Å². The Labute approximate surface area is 176 Å². The fraction of sp³-hybridized carbons (Fsp3) is 0.263. The van der Waals surface area contributed by atoms with Crippen LogP contribution < -0.4 is 16.4 Å². The zero-order valence-electron chi connectivity index (χ0n) is 16.2. The van der Waals surface area contributed by atoms with Gasteiger partial charge in [0.1, 0.15) is 11.4 Å². The van der Waals surface area contributed by atoms with Crippen LogP contribution >= 0.6 is 11.6 Å². The predicted molar refractivity (Wildman–Crippen MR) is 111 cm³/mol. The molecule has 160 valence electrons. The molecule has 2 aromatic rings. The van der Waals surface area contributed by atoms with E-state index >= 15 is 0 Å². The molecule has 0 fully saturated rings. The van der Waals surface area contributed by atoms with Crippen molar-refractivity contribution in [3.05, 3.63) is 53.1 Å². The van der Waals surface area contributed by atoms with Crippen molar-refractivity contribution in [2.24, 2.45) is 10.7 Å². The van der Waals surface area contributed by atoms with Gasteiger partial charge in [0, 0.05) is 18.7 Å². The van der Waals surface area contributed by atoms with Gasteiger partial charge in [0.25, 0.3) is 0 Å². The number of nitrogens with one attached hydrogen (secondary N) is 2. The minimum atomic E-state index is -4.59. The molecule has 0 radical (unpaired) electrons. The molecule has 1 heterocycles. The van der Waals surface area contributed by atoms with Gasteiger partial charge in [-0.1, -0.05) is 19.1 Å². The summed E-state index contributed by atoms with van der Waals surface area (Å²) in [5.74, 6) is 0.171. The van der Waals surface area contributed by atoms with Gasteiger partial charge in [-0.2, -0.15) is 18.2 Å². The lowest BCUT2D eigenvalue weighted by Gasteiger charge is -2.12. The van der Waals surface area contributed by atoms with Crippen LogP contribution in [0.15, 0.2) is 47.2 Å². The molecule has 1 amide bonds. The number of amides is 1. The zero-order valence-corrected chi connectivity index (χ0v) is 17.0. The van der Waals surface area contributed by atoms with Gasteiger partial charge < -0.3 is 16.4 Å². The molecule has 2 rings (SSSR count). The standard InChI is InChI=1S/C19H20ClF3N6O/c1-3-16(30)28-14-10-26-18(20)29-17(14)25-9-12-4-6-13(7-5-12)27-11(2)8-15(24)19(21,22)23/h4-8,10H,3,9,24H2,1-2H3,(H,28,30)(H,25,26,29)/b15-8-,27-11?. The topological polar surface area (TPSA) is 105 Å². The number of alkyl halides is 3. The minimum absolute atomic E-state index is 0.0262. The first kappa shape index (κ1) is 23.1. The van der Waals surface area contributed by atoms with E-state index in [1.165, 1.54) is 13.1 Å². The molecule has 0 atom stereocenters. The molecule has 0 aliphatic rings. The molecule has 0 spiro atoms. The van der Waals surface area contributed by atoms with E-state index in [1.54, 1.807) is 31.2 Å². The van der Waals surface area contributed by atoms with Crippen molar-refractivity contribution >= 4 is 40.4 Å². The average molecular weight is 441 g/mol. The Morgan fingerprint density at radius 3 is 2.57 bits per heavy atom. The minimum Gasteiger partial charge on any atom is -0.395 e. The fourth-order valence-corrected chi connectivity index (χ4v) is 2.38. The van der Waals surface area contributed by atoms with Crippen LogP contribution in [0.5, 0.6) is 0 Å². The number of hydrogen-bond donors (Lipinski definition) is 3. The lowest BCUT2D eigenvalue weighted by molar-refractivity contribution is -0.115. The SMILES string of the molecule is CCC(=O)Nc1cnc(Cl)nc1NCc1ccc(N=C(C)/C=C(\N)C(F)(F)F)cc1. The van der Waals surface area contributed by atoms with E-state index in [0.29, 0.717) is 30.2 Å². The number of nitrogens with zero attached hydrogens (tertiary/aromatic N) is 3. The summed E-state index contributed by atoms with van der Waals surface area (Å²) in [6, 6.07) is 6.82. The summed E-state index contributed by atoms with van der Waals surface area (Å²) in [5, 5.41) is 5.77. The monoisotopic (exact) mass is 440 g/mol. The Morgan fingerprint density at radius 2 is 1.97 bits per heavy atom. The van der Waals surface area contributed by atoms with Gasteiger partial charge in [0.15, 0.2) is 5.82 Å². The highest BCUT2D eigenvalue weighted by Gasteiger charge is 2.31. The maximum absolute atomic E-state index is 12.5. The highest BCUT2D eigenvalue weighted by Crippen LogP contribution is 2.23. The normalized spacial score (nSPS) is 12.6. The van der Waals surface area contributed by atoms with Gasteiger partial charge in [-0.25, -0.2) is 4.98 Å².